The number of carbonyl (C=O) groups excluding carboxylic acids is 1. The molecule has 0 aromatic carbocycles. The molecule has 1 heterocycles. The fraction of sp³-hybridized carbons (Fsp3) is 0.571. The summed E-state index contributed by atoms with van der Waals surface area (Å²) in [6.45, 7) is 2.02. The van der Waals surface area contributed by atoms with Crippen molar-refractivity contribution in [3.05, 3.63) is 30.1 Å². The van der Waals surface area contributed by atoms with Crippen molar-refractivity contribution in [2.75, 3.05) is 13.1 Å². The minimum atomic E-state index is 0.440. The van der Waals surface area contributed by atoms with Crippen LogP contribution in [0.3, 0.4) is 0 Å². The van der Waals surface area contributed by atoms with Crippen LogP contribution in [0.25, 0.3) is 0 Å². The predicted octanol–water partition coefficient (Wildman–Crippen LogP) is 1.97. The third-order valence-electron chi connectivity index (χ3n) is 3.38. The summed E-state index contributed by atoms with van der Waals surface area (Å²) in [5, 5.41) is 3.47. The third-order valence-corrected chi connectivity index (χ3v) is 3.38. The minimum absolute atomic E-state index is 0.440. The second-order valence-corrected chi connectivity index (χ2v) is 4.76. The first-order chi connectivity index (χ1) is 8.34. The zero-order valence-corrected chi connectivity index (χ0v) is 10.2. The molecule has 0 saturated heterocycles. The highest BCUT2D eigenvalue weighted by molar-refractivity contribution is 5.79. The summed E-state index contributed by atoms with van der Waals surface area (Å²) < 4.78 is 0. The Labute approximate surface area is 103 Å². The molecule has 0 amide bonds. The maximum Gasteiger partial charge on any atom is 0.132 e. The molecular formula is C14H20N2O. The number of aromatic nitrogens is 1. The molecule has 17 heavy (non-hydrogen) atoms. The van der Waals surface area contributed by atoms with Crippen molar-refractivity contribution in [2.24, 2.45) is 5.92 Å². The number of hydrogen-bond donors (Lipinski definition) is 1. The zero-order chi connectivity index (χ0) is 11.9. The summed E-state index contributed by atoms with van der Waals surface area (Å²) in [4.78, 5) is 15.4. The van der Waals surface area contributed by atoms with Crippen LogP contribution in [0, 0.1) is 5.92 Å². The number of Topliss-reactive ketones (excluding diaryl/α,β-unsaturated/α-hetero) is 1. The Hall–Kier alpha value is -1.22. The first-order valence-electron chi connectivity index (χ1n) is 6.47. The standard InChI is InChI=1S/C14H20N2O/c17-14-6-4-12(5-7-14)11-15-10-8-13-3-1-2-9-16-13/h1-3,9,12,15H,4-8,10-11H2. The van der Waals surface area contributed by atoms with Gasteiger partial charge >= 0.3 is 0 Å². The van der Waals surface area contributed by atoms with Gasteiger partial charge in [0.15, 0.2) is 0 Å². The van der Waals surface area contributed by atoms with E-state index < -0.39 is 0 Å². The molecule has 0 radical (unpaired) electrons. The number of rotatable bonds is 5. The average Bonchev–Trinajstić information content (AvgIpc) is 2.38. The maximum absolute atomic E-state index is 11.1. The van der Waals surface area contributed by atoms with Gasteiger partial charge < -0.3 is 5.32 Å². The highest BCUT2D eigenvalue weighted by atomic mass is 16.1. The lowest BCUT2D eigenvalue weighted by atomic mass is 9.88. The van der Waals surface area contributed by atoms with Crippen LogP contribution in [-0.4, -0.2) is 23.9 Å². The van der Waals surface area contributed by atoms with Crippen LogP contribution in [0.15, 0.2) is 24.4 Å². The number of nitrogens with zero attached hydrogens (tertiary/aromatic N) is 1. The number of hydrogen-bond acceptors (Lipinski definition) is 3. The summed E-state index contributed by atoms with van der Waals surface area (Å²) in [6.07, 6.45) is 6.51. The van der Waals surface area contributed by atoms with Gasteiger partial charge in [0, 0.05) is 37.7 Å². The predicted molar refractivity (Wildman–Crippen MR) is 67.8 cm³/mol. The Bertz CT molecular complexity index is 340. The Morgan fingerprint density at radius 2 is 2.12 bits per heavy atom. The average molecular weight is 232 g/mol. The van der Waals surface area contributed by atoms with E-state index in [4.69, 9.17) is 0 Å². The molecule has 2 rings (SSSR count). The fourth-order valence-electron chi connectivity index (χ4n) is 2.27. The molecule has 1 aromatic rings. The lowest BCUT2D eigenvalue weighted by Crippen LogP contribution is -2.28. The Morgan fingerprint density at radius 1 is 1.29 bits per heavy atom. The van der Waals surface area contributed by atoms with E-state index in [9.17, 15) is 4.79 Å². The quantitative estimate of drug-likeness (QED) is 0.789. The minimum Gasteiger partial charge on any atom is -0.316 e. The summed E-state index contributed by atoms with van der Waals surface area (Å²) in [6, 6.07) is 6.02. The molecular weight excluding hydrogens is 212 g/mol. The van der Waals surface area contributed by atoms with E-state index in [0.29, 0.717) is 11.7 Å². The molecule has 0 atom stereocenters. The molecule has 1 aliphatic carbocycles. The number of pyridine rings is 1. The number of ketones is 1. The van der Waals surface area contributed by atoms with Gasteiger partial charge in [0.2, 0.25) is 0 Å². The monoisotopic (exact) mass is 232 g/mol. The zero-order valence-electron chi connectivity index (χ0n) is 10.2. The van der Waals surface area contributed by atoms with Gasteiger partial charge in [0.1, 0.15) is 5.78 Å². The lowest BCUT2D eigenvalue weighted by molar-refractivity contribution is -0.120. The van der Waals surface area contributed by atoms with Crippen molar-refractivity contribution >= 4 is 5.78 Å². The van der Waals surface area contributed by atoms with Crippen LogP contribution in [0.2, 0.25) is 0 Å². The van der Waals surface area contributed by atoms with Gasteiger partial charge in [0.05, 0.1) is 0 Å². The van der Waals surface area contributed by atoms with Crippen molar-refractivity contribution in [2.45, 2.75) is 32.1 Å². The van der Waals surface area contributed by atoms with Crippen molar-refractivity contribution in [3.63, 3.8) is 0 Å². The van der Waals surface area contributed by atoms with Gasteiger partial charge in [-0.1, -0.05) is 6.07 Å². The van der Waals surface area contributed by atoms with Gasteiger partial charge in [-0.25, -0.2) is 0 Å². The number of nitrogens with one attached hydrogen (secondary N) is 1. The molecule has 0 bridgehead atoms. The summed E-state index contributed by atoms with van der Waals surface area (Å²) in [7, 11) is 0. The topological polar surface area (TPSA) is 42.0 Å². The van der Waals surface area contributed by atoms with Crippen molar-refractivity contribution < 1.29 is 4.79 Å². The fourth-order valence-corrected chi connectivity index (χ4v) is 2.27. The first-order valence-corrected chi connectivity index (χ1v) is 6.47. The highest BCUT2D eigenvalue weighted by Crippen LogP contribution is 2.20. The van der Waals surface area contributed by atoms with Crippen LogP contribution >= 0.6 is 0 Å². The molecule has 3 nitrogen and oxygen atoms in total. The van der Waals surface area contributed by atoms with E-state index in [1.54, 1.807) is 0 Å². The SMILES string of the molecule is O=C1CCC(CNCCc2ccccn2)CC1. The molecule has 1 fully saturated rings. The molecule has 1 saturated carbocycles. The molecule has 3 heteroatoms. The molecule has 1 aromatic heterocycles. The van der Waals surface area contributed by atoms with E-state index in [1.807, 2.05) is 18.3 Å². The summed E-state index contributed by atoms with van der Waals surface area (Å²) >= 11 is 0. The Kier molecular flexibility index (Phi) is 4.68. The van der Waals surface area contributed by atoms with Gasteiger partial charge in [0.25, 0.3) is 0 Å². The number of carbonyl (C=O) groups is 1. The second kappa shape index (κ2) is 6.50. The van der Waals surface area contributed by atoms with Crippen molar-refractivity contribution in [1.29, 1.82) is 0 Å². The van der Waals surface area contributed by atoms with Crippen LogP contribution in [0.4, 0.5) is 0 Å². The summed E-state index contributed by atoms with van der Waals surface area (Å²) in [5.41, 5.74) is 1.14. The maximum atomic E-state index is 11.1. The summed E-state index contributed by atoms with van der Waals surface area (Å²) in [5.74, 6) is 1.13. The second-order valence-electron chi connectivity index (χ2n) is 4.76. The lowest BCUT2D eigenvalue weighted by Gasteiger charge is -2.21. The van der Waals surface area contributed by atoms with E-state index in [0.717, 1.165) is 50.9 Å². The van der Waals surface area contributed by atoms with Crippen LogP contribution in [-0.2, 0) is 11.2 Å². The van der Waals surface area contributed by atoms with E-state index >= 15 is 0 Å². The third kappa shape index (κ3) is 4.27. The van der Waals surface area contributed by atoms with Crippen molar-refractivity contribution in [1.82, 2.24) is 10.3 Å². The van der Waals surface area contributed by atoms with Gasteiger partial charge in [-0.3, -0.25) is 9.78 Å². The smallest absolute Gasteiger partial charge is 0.132 e. The normalized spacial score (nSPS) is 17.3. The van der Waals surface area contributed by atoms with Crippen LogP contribution in [0.5, 0.6) is 0 Å². The molecule has 1 N–H and O–H groups in total. The van der Waals surface area contributed by atoms with E-state index in [1.165, 1.54) is 0 Å². The Morgan fingerprint density at radius 3 is 2.82 bits per heavy atom. The molecule has 0 unspecified atom stereocenters. The highest BCUT2D eigenvalue weighted by Gasteiger charge is 2.17. The van der Waals surface area contributed by atoms with Crippen LogP contribution < -0.4 is 5.32 Å². The van der Waals surface area contributed by atoms with Crippen LogP contribution in [0.1, 0.15) is 31.4 Å². The molecule has 0 spiro atoms. The van der Waals surface area contributed by atoms with E-state index in [2.05, 4.69) is 16.4 Å². The Balaban J connectivity index is 1.59. The molecule has 92 valence electrons. The van der Waals surface area contributed by atoms with Gasteiger partial charge in [-0.15, -0.1) is 0 Å². The largest absolute Gasteiger partial charge is 0.316 e. The molecule has 1 aliphatic rings. The van der Waals surface area contributed by atoms with E-state index in [-0.39, 0.29) is 0 Å². The first kappa shape index (κ1) is 12.2. The van der Waals surface area contributed by atoms with Gasteiger partial charge in [-0.2, -0.15) is 0 Å². The van der Waals surface area contributed by atoms with Crippen molar-refractivity contribution in [3.8, 4) is 0 Å². The van der Waals surface area contributed by atoms with Gasteiger partial charge in [-0.05, 0) is 37.4 Å². The molecule has 0 aliphatic heterocycles.